The summed E-state index contributed by atoms with van der Waals surface area (Å²) in [6.07, 6.45) is 2.87. The van der Waals surface area contributed by atoms with Crippen molar-refractivity contribution >= 4 is 15.7 Å². The van der Waals surface area contributed by atoms with Gasteiger partial charge in [0.05, 0.1) is 4.90 Å². The molecule has 8 heteroatoms. The summed E-state index contributed by atoms with van der Waals surface area (Å²) in [7, 11) is -3.34. The van der Waals surface area contributed by atoms with Crippen LogP contribution < -0.4 is 0 Å². The third-order valence-corrected chi connectivity index (χ3v) is 5.24. The third-order valence-electron chi connectivity index (χ3n) is 4.13. The van der Waals surface area contributed by atoms with Crippen molar-refractivity contribution in [3.63, 3.8) is 0 Å². The van der Waals surface area contributed by atoms with E-state index in [4.69, 9.17) is 4.52 Å². The predicted molar refractivity (Wildman–Crippen MR) is 86.5 cm³/mol. The quantitative estimate of drug-likeness (QED) is 0.839. The molecule has 1 aromatic carbocycles. The van der Waals surface area contributed by atoms with Crippen LogP contribution in [0.15, 0.2) is 33.7 Å². The number of aromatic nitrogens is 2. The lowest BCUT2D eigenvalue weighted by Gasteiger charge is -2.31. The van der Waals surface area contributed by atoms with Crippen molar-refractivity contribution in [2.45, 2.75) is 30.6 Å². The number of benzene rings is 1. The Morgan fingerprint density at radius 1 is 1.38 bits per heavy atom. The topological polar surface area (TPSA) is 93.4 Å². The van der Waals surface area contributed by atoms with Crippen LogP contribution in [0, 0.1) is 6.92 Å². The average Bonchev–Trinajstić information content (AvgIpc) is 3.00. The van der Waals surface area contributed by atoms with E-state index < -0.39 is 9.84 Å². The summed E-state index contributed by atoms with van der Waals surface area (Å²) in [5.41, 5.74) is 0.378. The van der Waals surface area contributed by atoms with Gasteiger partial charge in [-0.05, 0) is 31.0 Å². The van der Waals surface area contributed by atoms with Crippen LogP contribution in [-0.2, 0) is 9.84 Å². The Hall–Kier alpha value is -2.22. The van der Waals surface area contributed by atoms with E-state index in [9.17, 15) is 13.2 Å². The van der Waals surface area contributed by atoms with Gasteiger partial charge in [-0.2, -0.15) is 4.98 Å². The molecule has 1 atom stereocenters. The SMILES string of the molecule is Cc1nc([C@@H]2CCCN(C(=O)c3cccc(S(C)(=O)=O)c3)C2)no1. The summed E-state index contributed by atoms with van der Waals surface area (Å²) in [6, 6.07) is 6.15. The molecule has 2 heterocycles. The highest BCUT2D eigenvalue weighted by atomic mass is 32.2. The van der Waals surface area contributed by atoms with Crippen LogP contribution in [0.4, 0.5) is 0 Å². The summed E-state index contributed by atoms with van der Waals surface area (Å²) in [4.78, 5) is 18.9. The molecule has 0 aliphatic carbocycles. The molecule has 0 unspecified atom stereocenters. The Bertz CT molecular complexity index is 860. The van der Waals surface area contributed by atoms with E-state index in [0.717, 1.165) is 19.1 Å². The molecule has 0 N–H and O–H groups in total. The Labute approximate surface area is 140 Å². The van der Waals surface area contributed by atoms with Crippen LogP contribution in [-0.4, -0.2) is 48.7 Å². The van der Waals surface area contributed by atoms with Crippen LogP contribution in [0.1, 0.15) is 40.8 Å². The van der Waals surface area contributed by atoms with Gasteiger partial charge in [-0.3, -0.25) is 4.79 Å². The molecular weight excluding hydrogens is 330 g/mol. The van der Waals surface area contributed by atoms with Crippen molar-refractivity contribution in [1.29, 1.82) is 0 Å². The van der Waals surface area contributed by atoms with E-state index in [-0.39, 0.29) is 16.7 Å². The van der Waals surface area contributed by atoms with E-state index in [0.29, 0.717) is 30.4 Å². The van der Waals surface area contributed by atoms with Crippen molar-refractivity contribution < 1.29 is 17.7 Å². The van der Waals surface area contributed by atoms with Gasteiger partial charge in [-0.1, -0.05) is 11.2 Å². The molecule has 2 aromatic rings. The van der Waals surface area contributed by atoms with E-state index in [1.807, 2.05) is 0 Å². The van der Waals surface area contributed by atoms with E-state index in [1.54, 1.807) is 24.0 Å². The van der Waals surface area contributed by atoms with Gasteiger partial charge in [0.1, 0.15) is 0 Å². The lowest BCUT2D eigenvalue weighted by molar-refractivity contribution is 0.0703. The van der Waals surface area contributed by atoms with E-state index >= 15 is 0 Å². The maximum atomic E-state index is 12.7. The molecule has 1 aliphatic rings. The monoisotopic (exact) mass is 349 g/mol. The highest BCUT2D eigenvalue weighted by molar-refractivity contribution is 7.90. The smallest absolute Gasteiger partial charge is 0.253 e. The van der Waals surface area contributed by atoms with Crippen LogP contribution in [0.3, 0.4) is 0 Å². The molecule has 0 bridgehead atoms. The number of rotatable bonds is 3. The second-order valence-corrected chi connectivity index (χ2v) is 8.08. The molecule has 3 rings (SSSR count). The summed E-state index contributed by atoms with van der Waals surface area (Å²) < 4.78 is 28.4. The zero-order chi connectivity index (χ0) is 17.3. The van der Waals surface area contributed by atoms with Crippen molar-refractivity contribution in [1.82, 2.24) is 15.0 Å². The molecule has 1 aliphatic heterocycles. The van der Waals surface area contributed by atoms with Crippen LogP contribution in [0.5, 0.6) is 0 Å². The molecule has 0 saturated carbocycles. The zero-order valence-electron chi connectivity index (χ0n) is 13.6. The van der Waals surface area contributed by atoms with E-state index in [2.05, 4.69) is 10.1 Å². The largest absolute Gasteiger partial charge is 0.340 e. The van der Waals surface area contributed by atoms with Gasteiger partial charge in [0.25, 0.3) is 5.91 Å². The molecule has 128 valence electrons. The zero-order valence-corrected chi connectivity index (χ0v) is 14.4. The maximum Gasteiger partial charge on any atom is 0.253 e. The number of aryl methyl sites for hydroxylation is 1. The third kappa shape index (κ3) is 3.48. The number of sulfone groups is 1. The van der Waals surface area contributed by atoms with Crippen LogP contribution in [0.25, 0.3) is 0 Å². The number of piperidine rings is 1. The first kappa shape index (κ1) is 16.6. The predicted octanol–water partition coefficient (Wildman–Crippen LogP) is 1.80. The lowest BCUT2D eigenvalue weighted by atomic mass is 9.96. The Balaban J connectivity index is 1.80. The minimum atomic E-state index is -3.34. The molecule has 1 fully saturated rings. The first-order chi connectivity index (χ1) is 11.3. The fourth-order valence-electron chi connectivity index (χ4n) is 2.90. The average molecular weight is 349 g/mol. The number of carbonyl (C=O) groups excluding carboxylic acids is 1. The Morgan fingerprint density at radius 2 is 2.17 bits per heavy atom. The molecule has 24 heavy (non-hydrogen) atoms. The second kappa shape index (κ2) is 6.35. The minimum Gasteiger partial charge on any atom is -0.340 e. The molecule has 1 saturated heterocycles. The number of likely N-dealkylation sites (tertiary alicyclic amines) is 1. The normalized spacial score (nSPS) is 18.6. The summed E-state index contributed by atoms with van der Waals surface area (Å²) in [6.45, 7) is 2.87. The van der Waals surface area contributed by atoms with Gasteiger partial charge in [-0.25, -0.2) is 8.42 Å². The Morgan fingerprint density at radius 3 is 2.83 bits per heavy atom. The van der Waals surface area contributed by atoms with Gasteiger partial charge < -0.3 is 9.42 Å². The molecule has 0 radical (unpaired) electrons. The second-order valence-electron chi connectivity index (χ2n) is 6.06. The minimum absolute atomic E-state index is 0.0400. The maximum absolute atomic E-state index is 12.7. The van der Waals surface area contributed by atoms with Gasteiger partial charge in [-0.15, -0.1) is 0 Å². The van der Waals surface area contributed by atoms with Gasteiger partial charge in [0.15, 0.2) is 15.7 Å². The summed E-state index contributed by atoms with van der Waals surface area (Å²) in [5, 5.41) is 3.95. The van der Waals surface area contributed by atoms with Crippen LogP contribution in [0.2, 0.25) is 0 Å². The number of carbonyl (C=O) groups is 1. The standard InChI is InChI=1S/C16H19N3O4S/c1-11-17-15(18-23-11)13-6-4-8-19(10-13)16(20)12-5-3-7-14(9-12)24(2,21)22/h3,5,7,9,13H,4,6,8,10H2,1-2H3/t13-/m1/s1. The first-order valence-electron chi connectivity index (χ1n) is 7.74. The molecule has 7 nitrogen and oxygen atoms in total. The van der Waals surface area contributed by atoms with Crippen molar-refractivity contribution in [3.05, 3.63) is 41.5 Å². The highest BCUT2D eigenvalue weighted by Crippen LogP contribution is 2.26. The molecule has 1 amide bonds. The lowest BCUT2D eigenvalue weighted by Crippen LogP contribution is -2.39. The fraction of sp³-hybridized carbons (Fsp3) is 0.438. The fourth-order valence-corrected chi connectivity index (χ4v) is 3.56. The number of hydrogen-bond acceptors (Lipinski definition) is 6. The number of hydrogen-bond donors (Lipinski definition) is 0. The van der Waals surface area contributed by atoms with Crippen molar-refractivity contribution in [3.8, 4) is 0 Å². The molecule has 1 aromatic heterocycles. The van der Waals surface area contributed by atoms with E-state index in [1.165, 1.54) is 12.1 Å². The van der Waals surface area contributed by atoms with Gasteiger partial charge >= 0.3 is 0 Å². The summed E-state index contributed by atoms with van der Waals surface area (Å²) >= 11 is 0. The van der Waals surface area contributed by atoms with Crippen molar-refractivity contribution in [2.75, 3.05) is 19.3 Å². The van der Waals surface area contributed by atoms with Gasteiger partial charge in [0.2, 0.25) is 5.89 Å². The Kier molecular flexibility index (Phi) is 4.40. The van der Waals surface area contributed by atoms with Crippen molar-refractivity contribution in [2.24, 2.45) is 0 Å². The van der Waals surface area contributed by atoms with Crippen LogP contribution >= 0.6 is 0 Å². The van der Waals surface area contributed by atoms with Gasteiger partial charge in [0, 0.05) is 37.8 Å². The first-order valence-corrected chi connectivity index (χ1v) is 9.63. The highest BCUT2D eigenvalue weighted by Gasteiger charge is 2.28. The summed E-state index contributed by atoms with van der Waals surface area (Å²) in [5.74, 6) is 0.993. The molecular formula is C16H19N3O4S. The number of nitrogens with zero attached hydrogens (tertiary/aromatic N) is 3. The molecule has 0 spiro atoms. The number of amides is 1.